The minimum atomic E-state index is -0.617. The quantitative estimate of drug-likeness (QED) is 0.779. The van der Waals surface area contributed by atoms with Crippen molar-refractivity contribution in [3.8, 4) is 0 Å². The monoisotopic (exact) mass is 272 g/mol. The molecule has 2 atom stereocenters. The van der Waals surface area contributed by atoms with E-state index in [1.165, 1.54) is 7.11 Å². The summed E-state index contributed by atoms with van der Waals surface area (Å²) in [5, 5.41) is 0. The Morgan fingerprint density at radius 1 is 1.42 bits per heavy atom. The zero-order chi connectivity index (χ0) is 14.6. The molecule has 0 aromatic rings. The Hall–Kier alpha value is -1.30. The van der Waals surface area contributed by atoms with Crippen molar-refractivity contribution >= 4 is 12.1 Å². The molecule has 1 unspecified atom stereocenters. The Balaban J connectivity index is 2.41. The van der Waals surface area contributed by atoms with Crippen LogP contribution in [0.4, 0.5) is 4.79 Å². The molecule has 1 rings (SSSR count). The van der Waals surface area contributed by atoms with E-state index in [0.717, 1.165) is 6.42 Å². The fourth-order valence-corrected chi connectivity index (χ4v) is 2.12. The van der Waals surface area contributed by atoms with Crippen LogP contribution >= 0.6 is 0 Å². The van der Waals surface area contributed by atoms with Gasteiger partial charge in [-0.3, -0.25) is 4.79 Å². The molecule has 0 aromatic carbocycles. The summed E-state index contributed by atoms with van der Waals surface area (Å²) in [4.78, 5) is 24.8. The minimum absolute atomic E-state index is 0.224. The molecule has 6 nitrogen and oxygen atoms in total. The van der Waals surface area contributed by atoms with Gasteiger partial charge in [0, 0.05) is 13.1 Å². The Bertz CT molecular complexity index is 338. The van der Waals surface area contributed by atoms with E-state index < -0.39 is 17.6 Å². The molecule has 2 N–H and O–H groups in total. The number of likely N-dealkylation sites (tertiary alicyclic amines) is 1. The molecule has 0 radical (unpaired) electrons. The number of hydrogen-bond donors (Lipinski definition) is 1. The van der Waals surface area contributed by atoms with Crippen LogP contribution < -0.4 is 5.73 Å². The lowest BCUT2D eigenvalue weighted by Gasteiger charge is -2.24. The molecular weight excluding hydrogens is 248 g/mol. The molecule has 1 aliphatic rings. The van der Waals surface area contributed by atoms with E-state index in [0.29, 0.717) is 19.5 Å². The summed E-state index contributed by atoms with van der Waals surface area (Å²) in [6, 6.07) is -0.617. The van der Waals surface area contributed by atoms with Crippen LogP contribution in [0.2, 0.25) is 0 Å². The van der Waals surface area contributed by atoms with E-state index in [1.54, 1.807) is 4.90 Å². The highest BCUT2D eigenvalue weighted by atomic mass is 16.6. The second-order valence-corrected chi connectivity index (χ2v) is 5.95. The van der Waals surface area contributed by atoms with Gasteiger partial charge < -0.3 is 20.1 Å². The third kappa shape index (κ3) is 5.06. The molecule has 6 heteroatoms. The fraction of sp³-hybridized carbons (Fsp3) is 0.846. The second-order valence-electron chi connectivity index (χ2n) is 5.95. The van der Waals surface area contributed by atoms with Crippen molar-refractivity contribution in [2.24, 2.45) is 11.7 Å². The first kappa shape index (κ1) is 15.8. The molecule has 0 aromatic heterocycles. The summed E-state index contributed by atoms with van der Waals surface area (Å²) in [5.74, 6) is -0.183. The highest BCUT2D eigenvalue weighted by Crippen LogP contribution is 2.22. The average molecular weight is 272 g/mol. The lowest BCUT2D eigenvalue weighted by Crippen LogP contribution is -2.37. The predicted molar refractivity (Wildman–Crippen MR) is 70.5 cm³/mol. The van der Waals surface area contributed by atoms with Crippen LogP contribution in [0.1, 0.15) is 33.6 Å². The number of nitrogens with zero attached hydrogens (tertiary/aromatic N) is 1. The Morgan fingerprint density at radius 3 is 2.58 bits per heavy atom. The number of carbonyl (C=O) groups is 2. The van der Waals surface area contributed by atoms with Crippen molar-refractivity contribution in [1.82, 2.24) is 4.90 Å². The molecule has 1 heterocycles. The highest BCUT2D eigenvalue weighted by Gasteiger charge is 2.31. The predicted octanol–water partition coefficient (Wildman–Crippen LogP) is 1.13. The maximum absolute atomic E-state index is 11.9. The van der Waals surface area contributed by atoms with Gasteiger partial charge in [-0.25, -0.2) is 4.79 Å². The minimum Gasteiger partial charge on any atom is -0.468 e. The fourth-order valence-electron chi connectivity index (χ4n) is 2.12. The van der Waals surface area contributed by atoms with Crippen molar-refractivity contribution in [2.75, 3.05) is 20.2 Å². The van der Waals surface area contributed by atoms with Crippen LogP contribution in [0.5, 0.6) is 0 Å². The van der Waals surface area contributed by atoms with Gasteiger partial charge in [0.15, 0.2) is 0 Å². The number of amides is 1. The molecule has 1 amide bonds. The SMILES string of the molecule is COC(=O)[C@@H](N)CC1CCN(C(=O)OC(C)(C)C)C1. The Kier molecular flexibility index (Phi) is 5.17. The number of hydrogen-bond acceptors (Lipinski definition) is 5. The maximum atomic E-state index is 11.9. The summed E-state index contributed by atoms with van der Waals surface area (Å²) < 4.78 is 9.90. The van der Waals surface area contributed by atoms with E-state index >= 15 is 0 Å². The largest absolute Gasteiger partial charge is 0.468 e. The second kappa shape index (κ2) is 6.23. The van der Waals surface area contributed by atoms with E-state index in [9.17, 15) is 9.59 Å². The first-order valence-corrected chi connectivity index (χ1v) is 6.54. The Labute approximate surface area is 114 Å². The van der Waals surface area contributed by atoms with Gasteiger partial charge in [-0.05, 0) is 39.5 Å². The maximum Gasteiger partial charge on any atom is 0.410 e. The molecule has 19 heavy (non-hydrogen) atoms. The molecule has 110 valence electrons. The van der Waals surface area contributed by atoms with E-state index in [4.69, 9.17) is 10.5 Å². The lowest BCUT2D eigenvalue weighted by molar-refractivity contribution is -0.142. The number of nitrogens with two attached hydrogens (primary N) is 1. The van der Waals surface area contributed by atoms with Gasteiger partial charge in [0.25, 0.3) is 0 Å². The third-order valence-electron chi connectivity index (χ3n) is 3.03. The number of rotatable bonds is 3. The first-order chi connectivity index (χ1) is 8.73. The van der Waals surface area contributed by atoms with E-state index in [1.807, 2.05) is 20.8 Å². The molecule has 1 fully saturated rings. The van der Waals surface area contributed by atoms with Gasteiger partial charge in [-0.1, -0.05) is 0 Å². The van der Waals surface area contributed by atoms with Gasteiger partial charge in [0.2, 0.25) is 0 Å². The molecule has 1 saturated heterocycles. The molecule has 0 aliphatic carbocycles. The number of methoxy groups -OCH3 is 1. The molecule has 0 spiro atoms. The zero-order valence-corrected chi connectivity index (χ0v) is 12.1. The van der Waals surface area contributed by atoms with Crippen molar-refractivity contribution in [3.05, 3.63) is 0 Å². The summed E-state index contributed by atoms with van der Waals surface area (Å²) >= 11 is 0. The van der Waals surface area contributed by atoms with E-state index in [-0.39, 0.29) is 12.0 Å². The van der Waals surface area contributed by atoms with Crippen LogP contribution in [0.25, 0.3) is 0 Å². The highest BCUT2D eigenvalue weighted by molar-refractivity contribution is 5.75. The van der Waals surface area contributed by atoms with Crippen LogP contribution in [-0.4, -0.2) is 48.8 Å². The van der Waals surface area contributed by atoms with E-state index in [2.05, 4.69) is 4.74 Å². The standard InChI is InChI=1S/C13H24N2O4/c1-13(2,3)19-12(17)15-6-5-9(8-15)7-10(14)11(16)18-4/h9-10H,5-8,14H2,1-4H3/t9?,10-/m0/s1. The zero-order valence-electron chi connectivity index (χ0n) is 12.1. The lowest BCUT2D eigenvalue weighted by atomic mass is 10.00. The van der Waals surface area contributed by atoms with Crippen LogP contribution in [0, 0.1) is 5.92 Å². The van der Waals surface area contributed by atoms with Crippen molar-refractivity contribution < 1.29 is 19.1 Å². The topological polar surface area (TPSA) is 81.9 Å². The molecule has 0 bridgehead atoms. The molecular formula is C13H24N2O4. The summed E-state index contributed by atoms with van der Waals surface area (Å²) in [5.41, 5.74) is 5.23. The first-order valence-electron chi connectivity index (χ1n) is 6.54. The summed E-state index contributed by atoms with van der Waals surface area (Å²) in [6.07, 6.45) is 1.07. The summed E-state index contributed by atoms with van der Waals surface area (Å²) in [7, 11) is 1.32. The molecule has 1 aliphatic heterocycles. The van der Waals surface area contributed by atoms with Crippen LogP contribution in [0.15, 0.2) is 0 Å². The van der Waals surface area contributed by atoms with Crippen LogP contribution in [0.3, 0.4) is 0 Å². The number of ether oxygens (including phenoxy) is 2. The average Bonchev–Trinajstić information content (AvgIpc) is 2.74. The number of esters is 1. The normalized spacial score (nSPS) is 21.1. The van der Waals surface area contributed by atoms with Gasteiger partial charge in [0.05, 0.1) is 7.11 Å². The van der Waals surface area contributed by atoms with Crippen molar-refractivity contribution in [1.29, 1.82) is 0 Å². The van der Waals surface area contributed by atoms with Crippen molar-refractivity contribution in [2.45, 2.75) is 45.3 Å². The number of carbonyl (C=O) groups excluding carboxylic acids is 2. The van der Waals surface area contributed by atoms with Gasteiger partial charge >= 0.3 is 12.1 Å². The Morgan fingerprint density at radius 2 is 2.05 bits per heavy atom. The summed E-state index contributed by atoms with van der Waals surface area (Å²) in [6.45, 7) is 6.75. The smallest absolute Gasteiger partial charge is 0.410 e. The van der Waals surface area contributed by atoms with Crippen LogP contribution in [-0.2, 0) is 14.3 Å². The van der Waals surface area contributed by atoms with Crippen molar-refractivity contribution in [3.63, 3.8) is 0 Å². The third-order valence-corrected chi connectivity index (χ3v) is 3.03. The van der Waals surface area contributed by atoms with Gasteiger partial charge in [0.1, 0.15) is 11.6 Å². The van der Waals surface area contributed by atoms with Gasteiger partial charge in [-0.2, -0.15) is 0 Å². The molecule has 0 saturated carbocycles. The van der Waals surface area contributed by atoms with Gasteiger partial charge in [-0.15, -0.1) is 0 Å².